The van der Waals surface area contributed by atoms with Crippen molar-refractivity contribution in [3.05, 3.63) is 64.2 Å². The Labute approximate surface area is 236 Å². The largest absolute Gasteiger partial charge is 0.550 e. The fourth-order valence-corrected chi connectivity index (χ4v) is 5.50. The van der Waals surface area contributed by atoms with E-state index in [1.54, 1.807) is 18.2 Å². The quantitative estimate of drug-likeness (QED) is 0.310. The minimum absolute atomic E-state index is 0.363. The first-order chi connectivity index (χ1) is 19.0. The van der Waals surface area contributed by atoms with Gasteiger partial charge in [-0.25, -0.2) is 0 Å². The third-order valence-electron chi connectivity index (χ3n) is 6.97. The van der Waals surface area contributed by atoms with Crippen molar-refractivity contribution < 1.29 is 48.7 Å². The van der Waals surface area contributed by atoms with Gasteiger partial charge in [-0.3, -0.25) is 4.79 Å². The Kier molecular flexibility index (Phi) is 10.9. The molecule has 10 nitrogen and oxygen atoms in total. The lowest BCUT2D eigenvalue weighted by molar-refractivity contribution is -0.318. The summed E-state index contributed by atoms with van der Waals surface area (Å²) in [6, 6.07) is 12.4. The summed E-state index contributed by atoms with van der Waals surface area (Å²) in [5.41, 5.74) is 2.12. The smallest absolute Gasteiger partial charge is 0.302 e. The minimum atomic E-state index is -1.49. The fraction of sp³-hybridized carbons (Fsp3) is 0.448. The first-order valence-corrected chi connectivity index (χ1v) is 13.2. The first kappa shape index (κ1) is 30.9. The van der Waals surface area contributed by atoms with Gasteiger partial charge in [-0.1, -0.05) is 35.9 Å². The van der Waals surface area contributed by atoms with Crippen LogP contribution in [0.4, 0.5) is 0 Å². The van der Waals surface area contributed by atoms with E-state index in [4.69, 9.17) is 25.8 Å². The highest BCUT2D eigenvalue weighted by Crippen LogP contribution is 2.48. The van der Waals surface area contributed by atoms with Crippen LogP contribution in [0.3, 0.4) is 0 Å². The first-order valence-electron chi connectivity index (χ1n) is 12.9. The van der Waals surface area contributed by atoms with Gasteiger partial charge >= 0.3 is 5.97 Å². The number of carboxylic acid groups (broad SMARTS) is 3. The number of esters is 1. The molecule has 0 spiro atoms. The molecule has 2 aromatic rings. The molecule has 40 heavy (non-hydrogen) atoms. The molecular weight excluding hydrogens is 544 g/mol. The molecule has 0 amide bonds. The van der Waals surface area contributed by atoms with Crippen LogP contribution in [0.1, 0.15) is 55.9 Å². The van der Waals surface area contributed by atoms with Gasteiger partial charge in [0.05, 0.1) is 18.8 Å². The van der Waals surface area contributed by atoms with Crippen LogP contribution in [0.25, 0.3) is 0 Å². The second-order valence-electron chi connectivity index (χ2n) is 9.72. The van der Waals surface area contributed by atoms with Crippen molar-refractivity contribution in [3.8, 4) is 5.75 Å². The Morgan fingerprint density at radius 3 is 2.05 bits per heavy atom. The maximum Gasteiger partial charge on any atom is 0.302 e. The van der Waals surface area contributed by atoms with Crippen LogP contribution in [-0.2, 0) is 35.1 Å². The van der Waals surface area contributed by atoms with Crippen LogP contribution in [0.15, 0.2) is 42.5 Å². The van der Waals surface area contributed by atoms with Crippen LogP contribution < -0.4 is 20.1 Å². The number of halogens is 1. The zero-order valence-electron chi connectivity index (χ0n) is 22.1. The van der Waals surface area contributed by atoms with Gasteiger partial charge in [0.25, 0.3) is 0 Å². The summed E-state index contributed by atoms with van der Waals surface area (Å²) in [6.45, 7) is 3.22. The zero-order valence-corrected chi connectivity index (χ0v) is 22.9. The Hall–Kier alpha value is -3.63. The van der Waals surface area contributed by atoms with Gasteiger partial charge in [-0.15, -0.1) is 0 Å². The molecule has 0 unspecified atom stereocenters. The van der Waals surface area contributed by atoms with Gasteiger partial charge in [0.15, 0.2) is 0 Å². The van der Waals surface area contributed by atoms with Crippen LogP contribution in [0, 0.1) is 17.8 Å². The molecule has 1 aliphatic heterocycles. The van der Waals surface area contributed by atoms with E-state index < -0.39 is 73.1 Å². The molecule has 0 N–H and O–H groups in total. The molecule has 0 aromatic heterocycles. The van der Waals surface area contributed by atoms with Crippen molar-refractivity contribution in [2.24, 2.45) is 17.8 Å². The van der Waals surface area contributed by atoms with Crippen molar-refractivity contribution >= 4 is 35.5 Å². The summed E-state index contributed by atoms with van der Waals surface area (Å²) in [4.78, 5) is 46.6. The average Bonchev–Trinajstić information content (AvgIpc) is 2.87. The molecule has 11 heteroatoms. The van der Waals surface area contributed by atoms with E-state index in [1.165, 1.54) is 0 Å². The van der Waals surface area contributed by atoms with Crippen molar-refractivity contribution in [1.29, 1.82) is 0 Å². The van der Waals surface area contributed by atoms with Crippen molar-refractivity contribution in [1.82, 2.24) is 0 Å². The SMILES string of the molecule is CCOc1ccc(Cc2cc([C@H]3O[C@@H](COC(C)=O)[C@H](CC(=O)[O-])[C@H](CC(=O)[O-])[C@@H]3CC(=O)[O-])ccc2Cl)cc1. The third-order valence-corrected chi connectivity index (χ3v) is 7.34. The monoisotopic (exact) mass is 573 g/mol. The Morgan fingerprint density at radius 2 is 1.48 bits per heavy atom. The number of ether oxygens (including phenoxy) is 3. The topological polar surface area (TPSA) is 165 Å². The van der Waals surface area contributed by atoms with E-state index in [-0.39, 0.29) is 6.61 Å². The van der Waals surface area contributed by atoms with Gasteiger partial charge in [-0.2, -0.15) is 0 Å². The van der Waals surface area contributed by atoms with Gasteiger partial charge in [-0.05, 0) is 85.3 Å². The number of carbonyl (C=O) groups excluding carboxylic acids is 4. The normalized spacial score (nSPS) is 22.3. The number of hydrogen-bond donors (Lipinski definition) is 0. The predicted octanol–water partition coefficient (Wildman–Crippen LogP) is 0.601. The zero-order chi connectivity index (χ0) is 29.4. The molecule has 3 rings (SSSR count). The van der Waals surface area contributed by atoms with Gasteiger partial charge in [0.1, 0.15) is 12.4 Å². The highest BCUT2D eigenvalue weighted by atomic mass is 35.5. The number of hydrogen-bond acceptors (Lipinski definition) is 10. The number of aliphatic carboxylic acids is 3. The van der Waals surface area contributed by atoms with E-state index in [9.17, 15) is 34.5 Å². The molecule has 1 heterocycles. The fourth-order valence-electron chi connectivity index (χ4n) is 5.31. The second kappa shape index (κ2) is 14.1. The van der Waals surface area contributed by atoms with Gasteiger partial charge < -0.3 is 43.9 Å². The third kappa shape index (κ3) is 8.43. The average molecular weight is 574 g/mol. The van der Waals surface area contributed by atoms with Crippen molar-refractivity contribution in [2.45, 2.75) is 51.7 Å². The summed E-state index contributed by atoms with van der Waals surface area (Å²) >= 11 is 6.49. The summed E-state index contributed by atoms with van der Waals surface area (Å²) in [7, 11) is 0. The Balaban J connectivity index is 2.03. The maximum atomic E-state index is 11.8. The molecule has 1 aliphatic rings. The van der Waals surface area contributed by atoms with E-state index >= 15 is 0 Å². The van der Waals surface area contributed by atoms with Crippen molar-refractivity contribution in [2.75, 3.05) is 13.2 Å². The molecule has 5 atom stereocenters. The molecule has 0 radical (unpaired) electrons. The predicted molar refractivity (Wildman–Crippen MR) is 135 cm³/mol. The minimum Gasteiger partial charge on any atom is -0.550 e. The van der Waals surface area contributed by atoms with Crippen LogP contribution >= 0.6 is 11.6 Å². The lowest BCUT2D eigenvalue weighted by Gasteiger charge is -2.48. The molecule has 216 valence electrons. The van der Waals surface area contributed by atoms with E-state index in [0.29, 0.717) is 29.2 Å². The number of rotatable bonds is 13. The summed E-state index contributed by atoms with van der Waals surface area (Å²) in [6.07, 6.45) is -3.52. The van der Waals surface area contributed by atoms with Gasteiger partial charge in [0, 0.05) is 29.9 Å². The van der Waals surface area contributed by atoms with Crippen LogP contribution in [0.5, 0.6) is 5.75 Å². The number of carboxylic acids is 3. The molecule has 0 bridgehead atoms. The Morgan fingerprint density at radius 1 is 0.875 bits per heavy atom. The molecule has 1 fully saturated rings. The maximum absolute atomic E-state index is 11.8. The molecule has 2 aromatic carbocycles. The highest BCUT2D eigenvalue weighted by Gasteiger charge is 2.46. The summed E-state index contributed by atoms with van der Waals surface area (Å²) < 4.78 is 16.8. The Bertz CT molecular complexity index is 1210. The van der Waals surface area contributed by atoms with E-state index in [0.717, 1.165) is 18.2 Å². The van der Waals surface area contributed by atoms with Crippen molar-refractivity contribution in [3.63, 3.8) is 0 Å². The molecular formula is C29H30ClO10-3. The summed E-state index contributed by atoms with van der Waals surface area (Å²) in [5.74, 6) is -7.42. The summed E-state index contributed by atoms with van der Waals surface area (Å²) in [5, 5.41) is 35.5. The lowest BCUT2D eigenvalue weighted by Crippen LogP contribution is -2.50. The molecule has 0 aliphatic carbocycles. The van der Waals surface area contributed by atoms with E-state index in [2.05, 4.69) is 0 Å². The lowest BCUT2D eigenvalue weighted by atomic mass is 9.68. The van der Waals surface area contributed by atoms with Crippen LogP contribution in [0.2, 0.25) is 5.02 Å². The van der Waals surface area contributed by atoms with Crippen LogP contribution in [-0.4, -0.2) is 43.2 Å². The second-order valence-corrected chi connectivity index (χ2v) is 10.1. The number of benzene rings is 2. The molecule has 1 saturated heterocycles. The van der Waals surface area contributed by atoms with Gasteiger partial charge in [0.2, 0.25) is 0 Å². The standard InChI is InChI=1S/C29H33ClO10/c1-3-38-20-7-4-17(5-8-20)10-19-11-18(6-9-24(19)30)29-23(14-28(36)37)21(12-26(32)33)22(13-27(34)35)25(40-29)15-39-16(2)31/h4-9,11,21-23,25,29H,3,10,12-15H2,1-2H3,(H,32,33)(H,34,35)(H,36,37)/p-3/t21-,22+,23-,25-,29+/m0/s1. The van der Waals surface area contributed by atoms with E-state index in [1.807, 2.05) is 31.2 Å². The number of carbonyl (C=O) groups is 4. The highest BCUT2D eigenvalue weighted by molar-refractivity contribution is 6.31. The molecule has 0 saturated carbocycles.